The molecule has 2 heterocycles. The fraction of sp³-hybridized carbons (Fsp3) is 0.467. The van der Waals surface area contributed by atoms with Crippen molar-refractivity contribution in [3.63, 3.8) is 0 Å². The standard InChI is InChI=1S/C15H21ClN4O2S/c1-23(21,22)18-4-5-19-6-8-20(9-7-19)15-11-12(16)10-14-13(15)2-3-17-14/h2-3,10-11,17-18H,4-9H2,1H3. The van der Waals surface area contributed by atoms with Crippen LogP contribution in [-0.4, -0.2) is 63.8 Å². The largest absolute Gasteiger partial charge is 0.368 e. The summed E-state index contributed by atoms with van der Waals surface area (Å²) in [5.74, 6) is 0. The van der Waals surface area contributed by atoms with E-state index in [1.54, 1.807) is 0 Å². The molecular formula is C15H21ClN4O2S. The molecule has 0 atom stereocenters. The molecule has 0 spiro atoms. The first kappa shape index (κ1) is 16.6. The molecule has 3 rings (SSSR count). The molecule has 1 aromatic carbocycles. The van der Waals surface area contributed by atoms with Crippen LogP contribution in [0.3, 0.4) is 0 Å². The van der Waals surface area contributed by atoms with Crippen molar-refractivity contribution in [2.24, 2.45) is 0 Å². The van der Waals surface area contributed by atoms with Crippen LogP contribution in [0.25, 0.3) is 10.9 Å². The van der Waals surface area contributed by atoms with Gasteiger partial charge in [-0.05, 0) is 18.2 Å². The molecule has 1 saturated heterocycles. The molecule has 2 aromatic rings. The van der Waals surface area contributed by atoms with Gasteiger partial charge in [-0.2, -0.15) is 0 Å². The Morgan fingerprint density at radius 3 is 2.70 bits per heavy atom. The number of benzene rings is 1. The van der Waals surface area contributed by atoms with Crippen LogP contribution in [0.2, 0.25) is 5.02 Å². The van der Waals surface area contributed by atoms with E-state index in [-0.39, 0.29) is 0 Å². The Labute approximate surface area is 141 Å². The van der Waals surface area contributed by atoms with Crippen molar-refractivity contribution >= 4 is 38.2 Å². The van der Waals surface area contributed by atoms with Crippen LogP contribution in [0, 0.1) is 0 Å². The van der Waals surface area contributed by atoms with Gasteiger partial charge in [0.25, 0.3) is 0 Å². The Morgan fingerprint density at radius 2 is 2.00 bits per heavy atom. The number of rotatable bonds is 5. The Bertz CT molecular complexity index is 782. The lowest BCUT2D eigenvalue weighted by Gasteiger charge is -2.36. The summed E-state index contributed by atoms with van der Waals surface area (Å²) in [6.45, 7) is 4.81. The number of sulfonamides is 1. The van der Waals surface area contributed by atoms with Gasteiger partial charge >= 0.3 is 0 Å². The second-order valence-corrected chi connectivity index (χ2v) is 8.13. The zero-order valence-electron chi connectivity index (χ0n) is 13.0. The summed E-state index contributed by atoms with van der Waals surface area (Å²) in [6.07, 6.45) is 3.11. The molecule has 0 aliphatic carbocycles. The minimum Gasteiger partial charge on any atom is -0.368 e. The summed E-state index contributed by atoms with van der Waals surface area (Å²) < 4.78 is 24.7. The first-order valence-corrected chi connectivity index (χ1v) is 9.88. The van der Waals surface area contributed by atoms with Crippen LogP contribution in [0.1, 0.15) is 0 Å². The molecule has 0 saturated carbocycles. The summed E-state index contributed by atoms with van der Waals surface area (Å²) in [6, 6.07) is 6.02. The van der Waals surface area contributed by atoms with E-state index in [4.69, 9.17) is 11.6 Å². The predicted molar refractivity (Wildman–Crippen MR) is 94.8 cm³/mol. The number of nitrogens with zero attached hydrogens (tertiary/aromatic N) is 2. The van der Waals surface area contributed by atoms with Gasteiger partial charge in [-0.25, -0.2) is 13.1 Å². The molecule has 1 aliphatic rings. The SMILES string of the molecule is CS(=O)(=O)NCCN1CCN(c2cc(Cl)cc3[nH]ccc23)CC1. The third-order valence-electron chi connectivity index (χ3n) is 4.12. The van der Waals surface area contributed by atoms with Crippen LogP contribution in [0.4, 0.5) is 5.69 Å². The first-order valence-electron chi connectivity index (χ1n) is 7.61. The summed E-state index contributed by atoms with van der Waals surface area (Å²) >= 11 is 6.22. The van der Waals surface area contributed by atoms with Gasteiger partial charge in [0.15, 0.2) is 0 Å². The first-order chi connectivity index (χ1) is 10.9. The normalized spacial score (nSPS) is 17.0. The zero-order valence-corrected chi connectivity index (χ0v) is 14.6. The van der Waals surface area contributed by atoms with E-state index in [1.807, 2.05) is 18.3 Å². The van der Waals surface area contributed by atoms with Crippen molar-refractivity contribution < 1.29 is 8.42 Å². The lowest BCUT2D eigenvalue weighted by atomic mass is 10.1. The molecule has 0 bridgehead atoms. The highest BCUT2D eigenvalue weighted by atomic mass is 35.5. The van der Waals surface area contributed by atoms with Gasteiger partial charge in [-0.1, -0.05) is 11.6 Å². The van der Waals surface area contributed by atoms with Crippen molar-refractivity contribution in [3.05, 3.63) is 29.4 Å². The van der Waals surface area contributed by atoms with Crippen molar-refractivity contribution in [1.29, 1.82) is 0 Å². The Morgan fingerprint density at radius 1 is 1.26 bits per heavy atom. The average Bonchev–Trinajstić information content (AvgIpc) is 2.94. The molecule has 2 N–H and O–H groups in total. The number of hydrogen-bond acceptors (Lipinski definition) is 4. The molecule has 6 nitrogen and oxygen atoms in total. The van der Waals surface area contributed by atoms with Gasteiger partial charge < -0.3 is 9.88 Å². The number of fused-ring (bicyclic) bond motifs is 1. The minimum absolute atomic E-state index is 0.456. The van der Waals surface area contributed by atoms with Crippen LogP contribution in [0.15, 0.2) is 24.4 Å². The summed E-state index contributed by atoms with van der Waals surface area (Å²) in [5.41, 5.74) is 2.20. The van der Waals surface area contributed by atoms with Crippen LogP contribution in [-0.2, 0) is 10.0 Å². The average molecular weight is 357 g/mol. The van der Waals surface area contributed by atoms with E-state index in [0.29, 0.717) is 6.54 Å². The smallest absolute Gasteiger partial charge is 0.208 e. The monoisotopic (exact) mass is 356 g/mol. The molecule has 0 radical (unpaired) electrons. The highest BCUT2D eigenvalue weighted by Crippen LogP contribution is 2.30. The second-order valence-electron chi connectivity index (χ2n) is 5.86. The van der Waals surface area contributed by atoms with Crippen molar-refractivity contribution in [2.75, 3.05) is 50.4 Å². The molecule has 126 valence electrons. The number of hydrogen-bond donors (Lipinski definition) is 2. The fourth-order valence-electron chi connectivity index (χ4n) is 2.98. The third kappa shape index (κ3) is 4.17. The van der Waals surface area contributed by atoms with Crippen LogP contribution < -0.4 is 9.62 Å². The molecule has 1 aliphatic heterocycles. The summed E-state index contributed by atoms with van der Waals surface area (Å²) in [7, 11) is -3.11. The molecule has 0 amide bonds. The molecule has 0 unspecified atom stereocenters. The number of nitrogens with one attached hydrogen (secondary N) is 2. The summed E-state index contributed by atoms with van der Waals surface area (Å²) in [4.78, 5) is 7.81. The third-order valence-corrected chi connectivity index (χ3v) is 5.06. The van der Waals surface area contributed by atoms with Crippen molar-refractivity contribution in [2.45, 2.75) is 0 Å². The van der Waals surface area contributed by atoms with Gasteiger partial charge in [-0.15, -0.1) is 0 Å². The van der Waals surface area contributed by atoms with Crippen LogP contribution in [0.5, 0.6) is 0 Å². The lowest BCUT2D eigenvalue weighted by molar-refractivity contribution is 0.262. The Kier molecular flexibility index (Phi) is 4.82. The molecule has 23 heavy (non-hydrogen) atoms. The predicted octanol–water partition coefficient (Wildman–Crippen LogP) is 1.49. The van der Waals surface area contributed by atoms with E-state index < -0.39 is 10.0 Å². The Hall–Kier alpha value is -1.28. The van der Waals surface area contributed by atoms with Crippen LogP contribution >= 0.6 is 11.6 Å². The van der Waals surface area contributed by atoms with Gasteiger partial charge in [-0.3, -0.25) is 4.90 Å². The molecule has 8 heteroatoms. The second kappa shape index (κ2) is 6.68. The van der Waals surface area contributed by atoms with E-state index in [1.165, 1.54) is 11.6 Å². The van der Waals surface area contributed by atoms with Gasteiger partial charge in [0.05, 0.1) is 6.26 Å². The number of H-pyrrole nitrogens is 1. The van der Waals surface area contributed by atoms with Crippen molar-refractivity contribution in [3.8, 4) is 0 Å². The fourth-order valence-corrected chi connectivity index (χ4v) is 3.65. The van der Waals surface area contributed by atoms with Gasteiger partial charge in [0.2, 0.25) is 10.0 Å². The van der Waals surface area contributed by atoms with E-state index in [9.17, 15) is 8.42 Å². The lowest BCUT2D eigenvalue weighted by Crippen LogP contribution is -2.48. The highest BCUT2D eigenvalue weighted by molar-refractivity contribution is 7.88. The highest BCUT2D eigenvalue weighted by Gasteiger charge is 2.19. The minimum atomic E-state index is -3.11. The molecular weight excluding hydrogens is 336 g/mol. The van der Waals surface area contributed by atoms with E-state index in [0.717, 1.165) is 49.0 Å². The number of aromatic amines is 1. The maximum absolute atomic E-state index is 11.1. The van der Waals surface area contributed by atoms with Gasteiger partial charge in [0.1, 0.15) is 0 Å². The maximum atomic E-state index is 11.1. The summed E-state index contributed by atoms with van der Waals surface area (Å²) in [5, 5.41) is 1.91. The Balaban J connectivity index is 1.61. The quantitative estimate of drug-likeness (QED) is 0.851. The van der Waals surface area contributed by atoms with E-state index >= 15 is 0 Å². The number of aromatic nitrogens is 1. The van der Waals surface area contributed by atoms with Crippen molar-refractivity contribution in [1.82, 2.24) is 14.6 Å². The molecule has 1 fully saturated rings. The topological polar surface area (TPSA) is 68.4 Å². The number of piperazine rings is 1. The maximum Gasteiger partial charge on any atom is 0.208 e. The zero-order chi connectivity index (χ0) is 16.4. The number of halogens is 1. The van der Waals surface area contributed by atoms with Gasteiger partial charge in [0, 0.05) is 67.1 Å². The molecule has 1 aromatic heterocycles. The van der Waals surface area contributed by atoms with E-state index in [2.05, 4.69) is 25.6 Å². The number of anilines is 1.